The lowest BCUT2D eigenvalue weighted by Crippen LogP contribution is -2.29. The molecule has 0 bridgehead atoms. The highest BCUT2D eigenvalue weighted by atomic mass is 32.2. The van der Waals surface area contributed by atoms with Crippen molar-refractivity contribution in [2.24, 2.45) is 0 Å². The Hall–Kier alpha value is -2.06. The van der Waals surface area contributed by atoms with Crippen LogP contribution in [0, 0.1) is 0 Å². The molecule has 1 saturated heterocycles. The summed E-state index contributed by atoms with van der Waals surface area (Å²) in [6, 6.07) is 5.02. The summed E-state index contributed by atoms with van der Waals surface area (Å²) in [5.41, 5.74) is 0.783. The molecule has 31 heavy (non-hydrogen) atoms. The molecule has 0 unspecified atom stereocenters. The van der Waals surface area contributed by atoms with Crippen molar-refractivity contribution in [3.8, 4) is 11.5 Å². The first-order valence-corrected chi connectivity index (χ1v) is 12.1. The highest BCUT2D eigenvalue weighted by Crippen LogP contribution is 2.34. The molecule has 8 heteroatoms. The van der Waals surface area contributed by atoms with Gasteiger partial charge in [-0.05, 0) is 43.5 Å². The molecule has 0 aromatic heterocycles. The van der Waals surface area contributed by atoms with Crippen LogP contribution in [0.15, 0.2) is 23.1 Å². The predicted molar refractivity (Wildman–Crippen MR) is 128 cm³/mol. The topological polar surface area (TPSA) is 87.1 Å². The number of aromatic hydroxyl groups is 1. The van der Waals surface area contributed by atoms with Crippen LogP contribution in [0.1, 0.15) is 70.3 Å². The van der Waals surface area contributed by atoms with Crippen LogP contribution in [0.25, 0.3) is 6.08 Å². The number of thiocarbonyl (C=S) groups is 1. The van der Waals surface area contributed by atoms with Gasteiger partial charge < -0.3 is 14.9 Å². The Morgan fingerprint density at radius 2 is 1.77 bits per heavy atom. The molecule has 1 aliphatic rings. The summed E-state index contributed by atoms with van der Waals surface area (Å²) in [6.07, 6.45) is 10.2. The van der Waals surface area contributed by atoms with E-state index in [1.807, 2.05) is 6.92 Å². The Morgan fingerprint density at radius 3 is 2.42 bits per heavy atom. The highest BCUT2D eigenvalue weighted by Gasteiger charge is 2.31. The number of carboxylic acids is 1. The van der Waals surface area contributed by atoms with E-state index < -0.39 is 5.97 Å². The number of rotatable bonds is 14. The minimum absolute atomic E-state index is 0.0699. The van der Waals surface area contributed by atoms with Crippen LogP contribution in [0.3, 0.4) is 0 Å². The quantitative estimate of drug-likeness (QED) is 0.210. The molecule has 1 fully saturated rings. The van der Waals surface area contributed by atoms with Gasteiger partial charge in [0.2, 0.25) is 0 Å². The molecule has 6 nitrogen and oxygen atoms in total. The lowest BCUT2D eigenvalue weighted by Gasteiger charge is -2.14. The number of unbranched alkanes of at least 4 members (excludes halogenated alkanes) is 7. The molecular weight excluding hydrogens is 434 g/mol. The van der Waals surface area contributed by atoms with Gasteiger partial charge in [0, 0.05) is 13.0 Å². The van der Waals surface area contributed by atoms with Crippen LogP contribution in [-0.2, 0) is 9.59 Å². The first-order valence-electron chi connectivity index (χ1n) is 10.9. The monoisotopic (exact) mass is 465 g/mol. The van der Waals surface area contributed by atoms with Gasteiger partial charge in [0.1, 0.15) is 4.32 Å². The minimum Gasteiger partial charge on any atom is -0.504 e. The fourth-order valence-electron chi connectivity index (χ4n) is 3.34. The number of amides is 1. The zero-order valence-electron chi connectivity index (χ0n) is 18.0. The molecule has 1 amide bonds. The maximum absolute atomic E-state index is 12.7. The second kappa shape index (κ2) is 13.4. The normalized spacial score (nSPS) is 15.1. The number of carbonyl (C=O) groups is 2. The second-order valence-electron chi connectivity index (χ2n) is 7.47. The molecule has 0 atom stereocenters. The van der Waals surface area contributed by atoms with Crippen molar-refractivity contribution in [2.75, 3.05) is 13.2 Å². The first-order chi connectivity index (χ1) is 14.9. The van der Waals surface area contributed by atoms with E-state index in [1.54, 1.807) is 29.2 Å². The Bertz CT molecular complexity index is 809. The molecule has 0 spiro atoms. The summed E-state index contributed by atoms with van der Waals surface area (Å²) >= 11 is 6.70. The van der Waals surface area contributed by atoms with Crippen LogP contribution >= 0.6 is 24.0 Å². The van der Waals surface area contributed by atoms with Gasteiger partial charge in [-0.25, -0.2) is 0 Å². The number of nitrogens with zero attached hydrogens (tertiary/aromatic N) is 1. The highest BCUT2D eigenvalue weighted by molar-refractivity contribution is 8.26. The molecule has 0 saturated carbocycles. The molecule has 1 aliphatic heterocycles. The Kier molecular flexibility index (Phi) is 10.9. The zero-order chi connectivity index (χ0) is 22.6. The molecule has 1 aromatic rings. The van der Waals surface area contributed by atoms with E-state index in [2.05, 4.69) is 0 Å². The number of phenolic OH excluding ortho intramolecular Hbond substituents is 1. The van der Waals surface area contributed by atoms with E-state index >= 15 is 0 Å². The molecule has 2 N–H and O–H groups in total. The van der Waals surface area contributed by atoms with Crippen LogP contribution in [0.5, 0.6) is 11.5 Å². The van der Waals surface area contributed by atoms with E-state index in [1.165, 1.54) is 11.8 Å². The largest absolute Gasteiger partial charge is 0.504 e. The molecule has 1 aromatic carbocycles. The van der Waals surface area contributed by atoms with Crippen LogP contribution in [-0.4, -0.2) is 44.5 Å². The van der Waals surface area contributed by atoms with Gasteiger partial charge in [0.25, 0.3) is 5.91 Å². The fourth-order valence-corrected chi connectivity index (χ4v) is 4.65. The van der Waals surface area contributed by atoms with E-state index in [4.69, 9.17) is 22.1 Å². The third-order valence-corrected chi connectivity index (χ3v) is 6.36. The summed E-state index contributed by atoms with van der Waals surface area (Å²) in [5.74, 6) is -0.316. The molecule has 2 rings (SSSR count). The van der Waals surface area contributed by atoms with Gasteiger partial charge in [0.05, 0.1) is 11.5 Å². The van der Waals surface area contributed by atoms with E-state index in [9.17, 15) is 14.7 Å². The number of ether oxygens (including phenoxy) is 1. The first kappa shape index (κ1) is 25.2. The summed E-state index contributed by atoms with van der Waals surface area (Å²) < 4.78 is 5.98. The molecule has 1 heterocycles. The molecule has 0 aliphatic carbocycles. The standard InChI is InChI=1S/C23H31NO5S2/c1-2-29-19-15-17(12-13-18(19)25)16-20-22(28)24(23(30)31-20)14-10-8-6-4-3-5-7-9-11-21(26)27/h12-13,15-16,25H,2-11,14H2,1H3,(H,26,27). The second-order valence-corrected chi connectivity index (χ2v) is 9.14. The van der Waals surface area contributed by atoms with Gasteiger partial charge in [-0.1, -0.05) is 68.6 Å². The maximum atomic E-state index is 12.7. The van der Waals surface area contributed by atoms with Crippen LogP contribution in [0.2, 0.25) is 0 Å². The Labute approximate surface area is 193 Å². The van der Waals surface area contributed by atoms with Crippen LogP contribution in [0.4, 0.5) is 0 Å². The lowest BCUT2D eigenvalue weighted by atomic mass is 10.1. The summed E-state index contributed by atoms with van der Waals surface area (Å²) in [7, 11) is 0. The van der Waals surface area contributed by atoms with Crippen molar-refractivity contribution < 1.29 is 24.5 Å². The maximum Gasteiger partial charge on any atom is 0.303 e. The third-order valence-electron chi connectivity index (χ3n) is 4.98. The predicted octanol–water partition coefficient (Wildman–Crippen LogP) is 5.59. The van der Waals surface area contributed by atoms with E-state index in [-0.39, 0.29) is 18.1 Å². The average Bonchev–Trinajstić information content (AvgIpc) is 2.99. The number of hydrogen-bond donors (Lipinski definition) is 2. The summed E-state index contributed by atoms with van der Waals surface area (Å²) in [4.78, 5) is 25.5. The minimum atomic E-state index is -0.719. The number of carboxylic acid groups (broad SMARTS) is 1. The fraction of sp³-hybridized carbons (Fsp3) is 0.522. The lowest BCUT2D eigenvalue weighted by molar-refractivity contribution is -0.137. The number of phenols is 1. The number of benzene rings is 1. The van der Waals surface area contributed by atoms with Crippen LogP contribution < -0.4 is 4.74 Å². The van der Waals surface area contributed by atoms with Gasteiger partial charge in [-0.2, -0.15) is 0 Å². The zero-order valence-corrected chi connectivity index (χ0v) is 19.6. The van der Waals surface area contributed by atoms with Gasteiger partial charge in [-0.3, -0.25) is 14.5 Å². The number of aliphatic carboxylic acids is 1. The van der Waals surface area contributed by atoms with Crippen molar-refractivity contribution in [3.63, 3.8) is 0 Å². The SMILES string of the molecule is CCOc1cc(C=C2SC(=S)N(CCCCCCCCCCC(=O)O)C2=O)ccc1O. The van der Waals surface area contributed by atoms with Gasteiger partial charge in [-0.15, -0.1) is 0 Å². The number of hydrogen-bond acceptors (Lipinski definition) is 6. The Morgan fingerprint density at radius 1 is 1.13 bits per heavy atom. The number of thioether (sulfide) groups is 1. The van der Waals surface area contributed by atoms with Crippen molar-refractivity contribution in [1.82, 2.24) is 4.90 Å². The third kappa shape index (κ3) is 8.53. The van der Waals surface area contributed by atoms with Gasteiger partial charge >= 0.3 is 5.97 Å². The molecule has 0 radical (unpaired) electrons. The number of carbonyl (C=O) groups excluding carboxylic acids is 1. The van der Waals surface area contributed by atoms with Crippen molar-refractivity contribution >= 4 is 46.3 Å². The Balaban J connectivity index is 1.73. The average molecular weight is 466 g/mol. The summed E-state index contributed by atoms with van der Waals surface area (Å²) in [6.45, 7) is 2.92. The van der Waals surface area contributed by atoms with Crippen molar-refractivity contribution in [2.45, 2.75) is 64.7 Å². The van der Waals surface area contributed by atoms with Gasteiger partial charge in [0.15, 0.2) is 11.5 Å². The summed E-state index contributed by atoms with van der Waals surface area (Å²) in [5, 5.41) is 18.4. The molecule has 170 valence electrons. The van der Waals surface area contributed by atoms with Crippen molar-refractivity contribution in [1.29, 1.82) is 0 Å². The smallest absolute Gasteiger partial charge is 0.303 e. The van der Waals surface area contributed by atoms with E-state index in [0.29, 0.717) is 28.1 Å². The van der Waals surface area contributed by atoms with Crippen molar-refractivity contribution in [3.05, 3.63) is 28.7 Å². The van der Waals surface area contributed by atoms with E-state index in [0.717, 1.165) is 56.9 Å². The molecular formula is C23H31NO5S2.